The van der Waals surface area contributed by atoms with Gasteiger partial charge in [0.25, 0.3) is 0 Å². The van der Waals surface area contributed by atoms with E-state index in [-0.39, 0.29) is 26.2 Å². The van der Waals surface area contributed by atoms with Crippen LogP contribution in [-0.4, -0.2) is 63.4 Å². The normalized spacial score (nSPS) is 16.5. The molecule has 4 rings (SSSR count). The van der Waals surface area contributed by atoms with Crippen LogP contribution < -0.4 is 10.5 Å². The van der Waals surface area contributed by atoms with Crippen molar-refractivity contribution in [3.05, 3.63) is 48.3 Å². The summed E-state index contributed by atoms with van der Waals surface area (Å²) >= 11 is 0. The van der Waals surface area contributed by atoms with Crippen molar-refractivity contribution in [2.75, 3.05) is 26.3 Å². The molecule has 0 aliphatic carbocycles. The molecule has 0 spiro atoms. The van der Waals surface area contributed by atoms with E-state index < -0.39 is 11.6 Å². The van der Waals surface area contributed by atoms with Crippen LogP contribution in [0.3, 0.4) is 0 Å². The number of urea groups is 1. The minimum Gasteiger partial charge on any atom is -0.473 e. The molecular weight excluding hydrogens is 430 g/mol. The fourth-order valence-corrected chi connectivity index (χ4v) is 3.43. The van der Waals surface area contributed by atoms with Gasteiger partial charge in [0.1, 0.15) is 12.7 Å². The Labute approximate surface area is 193 Å². The molecule has 32 heavy (non-hydrogen) atoms. The molecule has 0 unspecified atom stereocenters. The number of rotatable bonds is 5. The van der Waals surface area contributed by atoms with Crippen LogP contribution in [0, 0.1) is 0 Å². The first-order chi connectivity index (χ1) is 14.8. The first-order valence-electron chi connectivity index (χ1n) is 10.0. The zero-order valence-electron chi connectivity index (χ0n) is 18.0. The van der Waals surface area contributed by atoms with E-state index in [2.05, 4.69) is 15.0 Å². The summed E-state index contributed by atoms with van der Waals surface area (Å²) in [5.74, 6) is 0.340. The molecule has 0 radical (unpaired) electrons. The summed E-state index contributed by atoms with van der Waals surface area (Å²) in [6, 6.07) is 8.91. The second kappa shape index (κ2) is 9.68. The number of primary amides is 1. The minimum atomic E-state index is -0.923. The molecular formula is C22H27N5O4S. The molecule has 3 aromatic rings. The fraction of sp³-hybridized carbons (Fsp3) is 0.364. The smallest absolute Gasteiger partial charge is 0.314 e. The third-order valence-electron chi connectivity index (χ3n) is 5.17. The summed E-state index contributed by atoms with van der Waals surface area (Å²) < 4.78 is 11.7. The Kier molecular flexibility index (Phi) is 7.17. The second-order valence-corrected chi connectivity index (χ2v) is 7.96. The molecule has 10 heteroatoms. The quantitative estimate of drug-likeness (QED) is 0.602. The molecule has 1 fully saturated rings. The summed E-state index contributed by atoms with van der Waals surface area (Å²) in [4.78, 5) is 26.4. The number of aromatic nitrogens is 3. The Balaban J connectivity index is 0.00000289. The largest absolute Gasteiger partial charge is 0.473 e. The van der Waals surface area contributed by atoms with Gasteiger partial charge in [0.15, 0.2) is 5.52 Å². The van der Waals surface area contributed by atoms with Gasteiger partial charge in [0.05, 0.1) is 30.0 Å². The van der Waals surface area contributed by atoms with Crippen LogP contribution in [0.2, 0.25) is 0 Å². The van der Waals surface area contributed by atoms with Crippen LogP contribution in [0.15, 0.2) is 42.7 Å². The highest BCUT2D eigenvalue weighted by molar-refractivity contribution is 7.59. The highest BCUT2D eigenvalue weighted by atomic mass is 32.1. The van der Waals surface area contributed by atoms with Gasteiger partial charge in [0, 0.05) is 24.5 Å². The van der Waals surface area contributed by atoms with Crippen LogP contribution in [-0.2, 0) is 10.3 Å². The average molecular weight is 458 g/mol. The maximum atomic E-state index is 11.4. The van der Waals surface area contributed by atoms with E-state index in [1.54, 1.807) is 26.2 Å². The van der Waals surface area contributed by atoms with E-state index in [1.165, 1.54) is 4.90 Å². The highest BCUT2D eigenvalue weighted by Gasteiger charge is 2.24. The van der Waals surface area contributed by atoms with Gasteiger partial charge in [-0.2, -0.15) is 13.5 Å². The van der Waals surface area contributed by atoms with E-state index in [0.29, 0.717) is 42.3 Å². The van der Waals surface area contributed by atoms with E-state index in [0.717, 1.165) is 11.1 Å². The van der Waals surface area contributed by atoms with Crippen LogP contribution in [0.1, 0.15) is 19.4 Å². The van der Waals surface area contributed by atoms with Crippen molar-refractivity contribution in [1.82, 2.24) is 19.9 Å². The number of ether oxygens (including phenoxy) is 2. The van der Waals surface area contributed by atoms with E-state index in [4.69, 9.17) is 15.2 Å². The predicted molar refractivity (Wildman–Crippen MR) is 125 cm³/mol. The summed E-state index contributed by atoms with van der Waals surface area (Å²) in [6.07, 6.45) is 2.88. The number of carbonyl (C=O) groups is 1. The van der Waals surface area contributed by atoms with E-state index in [9.17, 15) is 9.90 Å². The van der Waals surface area contributed by atoms with Gasteiger partial charge in [0.2, 0.25) is 5.88 Å². The lowest BCUT2D eigenvalue weighted by molar-refractivity contribution is -0.0346. The van der Waals surface area contributed by atoms with Gasteiger partial charge in [-0.3, -0.25) is 4.98 Å². The molecule has 0 saturated carbocycles. The molecule has 1 aliphatic heterocycles. The maximum absolute atomic E-state index is 11.4. The molecule has 1 aromatic carbocycles. The lowest BCUT2D eigenvalue weighted by atomic mass is 9.96. The van der Waals surface area contributed by atoms with Gasteiger partial charge in [-0.05, 0) is 25.5 Å². The van der Waals surface area contributed by atoms with E-state index >= 15 is 0 Å². The molecule has 1 atom stereocenters. The van der Waals surface area contributed by atoms with Gasteiger partial charge in [-0.15, -0.1) is 0 Å². The van der Waals surface area contributed by atoms with Crippen molar-refractivity contribution in [2.24, 2.45) is 5.73 Å². The second-order valence-electron chi connectivity index (χ2n) is 7.96. The molecule has 3 heterocycles. The number of hydrogen-bond acceptors (Lipinski definition) is 7. The van der Waals surface area contributed by atoms with Crippen molar-refractivity contribution >= 4 is 30.6 Å². The van der Waals surface area contributed by atoms with Crippen molar-refractivity contribution in [3.8, 4) is 17.1 Å². The van der Waals surface area contributed by atoms with Gasteiger partial charge < -0.3 is 25.2 Å². The Morgan fingerprint density at radius 3 is 2.69 bits per heavy atom. The average Bonchev–Trinajstić information content (AvgIpc) is 2.77. The number of benzene rings is 1. The zero-order chi connectivity index (χ0) is 22.0. The number of morpholine rings is 1. The molecule has 2 amide bonds. The summed E-state index contributed by atoms with van der Waals surface area (Å²) in [6.45, 7) is 4.91. The topological polar surface area (TPSA) is 124 Å². The minimum absolute atomic E-state index is 0. The standard InChI is InChI=1S/C22H25N5O4.H2S/c1-22(2,29)15-5-3-14(4-6-15)17-11-18-19(25-8-7-24-18)20(26-17)31-13-16-12-27(21(23)28)9-10-30-16;/h3-8,11,16,29H,9-10,12-13H2,1-2H3,(H2,23,28);1H2/t16-;/m0./s1. The maximum Gasteiger partial charge on any atom is 0.314 e. The lowest BCUT2D eigenvalue weighted by Gasteiger charge is -2.31. The number of nitrogens with two attached hydrogens (primary N) is 1. The Hall–Kier alpha value is -2.95. The number of pyridine rings is 1. The Morgan fingerprint density at radius 1 is 1.28 bits per heavy atom. The lowest BCUT2D eigenvalue weighted by Crippen LogP contribution is -2.49. The van der Waals surface area contributed by atoms with E-state index in [1.807, 2.05) is 30.3 Å². The SMILES string of the molecule is CC(C)(O)c1ccc(-c2cc3nccnc3c(OC[C@@H]3CN(C(N)=O)CCO3)n2)cc1.S. The van der Waals surface area contributed by atoms with Crippen LogP contribution in [0.5, 0.6) is 5.88 Å². The Morgan fingerprint density at radius 2 is 2.00 bits per heavy atom. The third kappa shape index (κ3) is 5.26. The van der Waals surface area contributed by atoms with Crippen molar-refractivity contribution in [2.45, 2.75) is 25.6 Å². The summed E-state index contributed by atoms with van der Waals surface area (Å²) in [5, 5.41) is 10.2. The number of aliphatic hydroxyl groups is 1. The van der Waals surface area contributed by atoms with Crippen molar-refractivity contribution < 1.29 is 19.4 Å². The molecule has 1 aliphatic rings. The first-order valence-corrected chi connectivity index (χ1v) is 10.0. The summed E-state index contributed by atoms with van der Waals surface area (Å²) in [7, 11) is 0. The molecule has 2 aromatic heterocycles. The summed E-state index contributed by atoms with van der Waals surface area (Å²) in [5.41, 5.74) is 7.99. The number of fused-ring (bicyclic) bond motifs is 1. The number of amides is 2. The number of carbonyl (C=O) groups excluding carboxylic acids is 1. The molecule has 9 nitrogen and oxygen atoms in total. The highest BCUT2D eigenvalue weighted by Crippen LogP contribution is 2.29. The van der Waals surface area contributed by atoms with Crippen molar-refractivity contribution in [1.29, 1.82) is 0 Å². The first kappa shape index (κ1) is 23.7. The van der Waals surface area contributed by atoms with Crippen LogP contribution in [0.4, 0.5) is 4.79 Å². The van der Waals surface area contributed by atoms with Crippen LogP contribution >= 0.6 is 13.5 Å². The van der Waals surface area contributed by atoms with Gasteiger partial charge in [-0.1, -0.05) is 24.3 Å². The predicted octanol–water partition coefficient (Wildman–Crippen LogP) is 2.19. The van der Waals surface area contributed by atoms with Crippen LogP contribution in [0.25, 0.3) is 22.3 Å². The van der Waals surface area contributed by atoms with Gasteiger partial charge >= 0.3 is 6.03 Å². The molecule has 1 saturated heterocycles. The number of hydrogen-bond donors (Lipinski definition) is 2. The van der Waals surface area contributed by atoms with Crippen molar-refractivity contribution in [3.63, 3.8) is 0 Å². The molecule has 0 bridgehead atoms. The molecule has 3 N–H and O–H groups in total. The molecule has 170 valence electrons. The van der Waals surface area contributed by atoms with Gasteiger partial charge in [-0.25, -0.2) is 14.8 Å². The zero-order valence-corrected chi connectivity index (χ0v) is 19.0. The fourth-order valence-electron chi connectivity index (χ4n) is 3.43. The number of nitrogens with zero attached hydrogens (tertiary/aromatic N) is 4. The third-order valence-corrected chi connectivity index (χ3v) is 5.17. The monoisotopic (exact) mass is 457 g/mol. The Bertz CT molecular complexity index is 1090.